The number of amides is 1. The Labute approximate surface area is 103 Å². The van der Waals surface area contributed by atoms with Crippen LogP contribution in [-0.4, -0.2) is 24.8 Å². The van der Waals surface area contributed by atoms with Gasteiger partial charge in [0.15, 0.2) is 0 Å². The summed E-state index contributed by atoms with van der Waals surface area (Å²) in [6, 6.07) is 6.92. The molecule has 6 heteroatoms. The first-order chi connectivity index (χ1) is 8.28. The van der Waals surface area contributed by atoms with E-state index in [4.69, 9.17) is 0 Å². The zero-order chi connectivity index (χ0) is 13.8. The predicted molar refractivity (Wildman–Crippen MR) is 61.3 cm³/mol. The number of carbonyl (C=O) groups excluding carboxylic acids is 1. The highest BCUT2D eigenvalue weighted by molar-refractivity contribution is 5.93. The Kier molecular flexibility index (Phi) is 4.72. The maximum Gasteiger partial charge on any atom is 0.411 e. The van der Waals surface area contributed by atoms with Crippen LogP contribution in [0.1, 0.15) is 12.5 Å². The summed E-state index contributed by atoms with van der Waals surface area (Å²) >= 11 is 0. The Morgan fingerprint density at radius 1 is 1.33 bits per heavy atom. The monoisotopic (exact) mass is 261 g/mol. The molecule has 0 aliphatic carbocycles. The van der Waals surface area contributed by atoms with Gasteiger partial charge in [0.05, 0.1) is 0 Å². The van der Waals surface area contributed by atoms with E-state index in [2.05, 4.69) is 10.1 Å². The average Bonchev–Trinajstić information content (AvgIpc) is 2.28. The smallest absolute Gasteiger partial charge is 0.359 e. The lowest BCUT2D eigenvalue weighted by Gasteiger charge is -2.14. The van der Waals surface area contributed by atoms with Gasteiger partial charge in [-0.3, -0.25) is 4.79 Å². The van der Waals surface area contributed by atoms with Gasteiger partial charge in [0.1, 0.15) is 12.7 Å². The zero-order valence-corrected chi connectivity index (χ0v) is 10.0. The summed E-state index contributed by atoms with van der Waals surface area (Å²) in [7, 11) is 0. The number of carbonyl (C=O) groups is 1. The Morgan fingerprint density at radius 3 is 2.39 bits per heavy atom. The average molecular weight is 261 g/mol. The van der Waals surface area contributed by atoms with E-state index in [0.717, 1.165) is 5.56 Å². The minimum absolute atomic E-state index is 0.521. The van der Waals surface area contributed by atoms with Crippen LogP contribution in [0.4, 0.5) is 18.9 Å². The summed E-state index contributed by atoms with van der Waals surface area (Å²) in [5, 5.41) is 2.47. The molecule has 0 unspecified atom stereocenters. The maximum absolute atomic E-state index is 11.9. The van der Waals surface area contributed by atoms with Crippen LogP contribution in [0.5, 0.6) is 0 Å². The zero-order valence-electron chi connectivity index (χ0n) is 10.0. The van der Waals surface area contributed by atoms with Crippen LogP contribution in [0.25, 0.3) is 0 Å². The topological polar surface area (TPSA) is 38.3 Å². The molecule has 0 aliphatic rings. The molecule has 0 spiro atoms. The first-order valence-electron chi connectivity index (χ1n) is 5.34. The number of hydrogen-bond donors (Lipinski definition) is 1. The number of alkyl halides is 3. The normalized spacial score (nSPS) is 13.2. The van der Waals surface area contributed by atoms with Crippen molar-refractivity contribution in [3.63, 3.8) is 0 Å². The minimum Gasteiger partial charge on any atom is -0.359 e. The van der Waals surface area contributed by atoms with E-state index in [1.54, 1.807) is 24.3 Å². The third-order valence-electron chi connectivity index (χ3n) is 2.19. The second-order valence-corrected chi connectivity index (χ2v) is 3.92. The molecule has 18 heavy (non-hydrogen) atoms. The molecular weight excluding hydrogens is 247 g/mol. The van der Waals surface area contributed by atoms with Crippen LogP contribution in [0, 0.1) is 6.92 Å². The number of aryl methyl sites for hydroxylation is 1. The molecule has 0 aromatic heterocycles. The van der Waals surface area contributed by atoms with Crippen LogP contribution >= 0.6 is 0 Å². The molecule has 0 saturated carbocycles. The lowest BCUT2D eigenvalue weighted by atomic mass is 10.2. The summed E-state index contributed by atoms with van der Waals surface area (Å²) < 4.78 is 40.1. The van der Waals surface area contributed by atoms with Crippen molar-refractivity contribution >= 4 is 11.6 Å². The van der Waals surface area contributed by atoms with Crippen molar-refractivity contribution in [2.45, 2.75) is 26.1 Å². The molecule has 3 nitrogen and oxygen atoms in total. The fourth-order valence-corrected chi connectivity index (χ4v) is 1.18. The second kappa shape index (κ2) is 5.86. The van der Waals surface area contributed by atoms with E-state index in [9.17, 15) is 18.0 Å². The molecule has 0 saturated heterocycles. The maximum atomic E-state index is 11.9. The molecule has 0 radical (unpaired) electrons. The van der Waals surface area contributed by atoms with E-state index in [0.29, 0.717) is 5.69 Å². The van der Waals surface area contributed by atoms with Gasteiger partial charge in [0.25, 0.3) is 5.91 Å². The van der Waals surface area contributed by atoms with Crippen molar-refractivity contribution in [2.24, 2.45) is 0 Å². The van der Waals surface area contributed by atoms with Gasteiger partial charge in [0.2, 0.25) is 0 Å². The second-order valence-electron chi connectivity index (χ2n) is 3.92. The fraction of sp³-hybridized carbons (Fsp3) is 0.417. The van der Waals surface area contributed by atoms with Gasteiger partial charge in [-0.15, -0.1) is 0 Å². The third-order valence-corrected chi connectivity index (χ3v) is 2.19. The number of nitrogens with one attached hydrogen (secondary N) is 1. The molecule has 1 N–H and O–H groups in total. The summed E-state index contributed by atoms with van der Waals surface area (Å²) in [6.07, 6.45) is -5.59. The van der Waals surface area contributed by atoms with Crippen molar-refractivity contribution in [2.75, 3.05) is 11.9 Å². The van der Waals surface area contributed by atoms with Gasteiger partial charge in [-0.2, -0.15) is 13.2 Å². The SMILES string of the molecule is Cc1ccc(NC(=O)[C@H](C)OCC(F)(F)F)cc1. The standard InChI is InChI=1S/C12H14F3NO2/c1-8-3-5-10(6-4-8)16-11(17)9(2)18-7-12(13,14)15/h3-6,9H,7H2,1-2H3,(H,16,17)/t9-/m0/s1. The molecule has 1 aromatic carbocycles. The van der Waals surface area contributed by atoms with E-state index in [-0.39, 0.29) is 0 Å². The fourth-order valence-electron chi connectivity index (χ4n) is 1.18. The van der Waals surface area contributed by atoms with Crippen LogP contribution in [0.2, 0.25) is 0 Å². The molecule has 1 atom stereocenters. The Balaban J connectivity index is 2.47. The molecule has 1 rings (SSSR count). The quantitative estimate of drug-likeness (QED) is 0.905. The number of anilines is 1. The first-order valence-corrected chi connectivity index (χ1v) is 5.34. The summed E-state index contributed by atoms with van der Waals surface area (Å²) in [5.74, 6) is -0.608. The van der Waals surface area contributed by atoms with Crippen molar-refractivity contribution < 1.29 is 22.7 Å². The Bertz CT molecular complexity index is 401. The largest absolute Gasteiger partial charge is 0.411 e. The molecule has 0 aliphatic heterocycles. The van der Waals surface area contributed by atoms with Crippen molar-refractivity contribution in [1.82, 2.24) is 0 Å². The molecule has 0 fully saturated rings. The van der Waals surface area contributed by atoms with Gasteiger partial charge in [0, 0.05) is 5.69 Å². The van der Waals surface area contributed by atoms with Crippen LogP contribution < -0.4 is 5.32 Å². The van der Waals surface area contributed by atoms with Gasteiger partial charge in [-0.05, 0) is 26.0 Å². The lowest BCUT2D eigenvalue weighted by Crippen LogP contribution is -2.31. The first kappa shape index (κ1) is 14.5. The van der Waals surface area contributed by atoms with Crippen molar-refractivity contribution in [3.05, 3.63) is 29.8 Å². The van der Waals surface area contributed by atoms with Gasteiger partial charge < -0.3 is 10.1 Å². The molecule has 0 heterocycles. The lowest BCUT2D eigenvalue weighted by molar-refractivity contribution is -0.184. The number of halogens is 3. The van der Waals surface area contributed by atoms with Gasteiger partial charge in [-0.25, -0.2) is 0 Å². The molecule has 1 amide bonds. The van der Waals surface area contributed by atoms with E-state index in [1.807, 2.05) is 6.92 Å². The Hall–Kier alpha value is -1.56. The summed E-state index contributed by atoms with van der Waals surface area (Å²) in [6.45, 7) is 1.73. The van der Waals surface area contributed by atoms with Gasteiger partial charge in [-0.1, -0.05) is 17.7 Å². The summed E-state index contributed by atoms with van der Waals surface area (Å²) in [5.41, 5.74) is 1.54. The number of benzene rings is 1. The summed E-state index contributed by atoms with van der Waals surface area (Å²) in [4.78, 5) is 11.5. The molecule has 0 bridgehead atoms. The van der Waals surface area contributed by atoms with Crippen LogP contribution in [0.3, 0.4) is 0 Å². The van der Waals surface area contributed by atoms with Crippen LogP contribution in [0.15, 0.2) is 24.3 Å². The highest BCUT2D eigenvalue weighted by Crippen LogP contribution is 2.16. The highest BCUT2D eigenvalue weighted by atomic mass is 19.4. The molecule has 1 aromatic rings. The highest BCUT2D eigenvalue weighted by Gasteiger charge is 2.29. The number of rotatable bonds is 4. The molecule has 100 valence electrons. The van der Waals surface area contributed by atoms with Crippen molar-refractivity contribution in [1.29, 1.82) is 0 Å². The van der Waals surface area contributed by atoms with E-state index in [1.165, 1.54) is 6.92 Å². The number of hydrogen-bond acceptors (Lipinski definition) is 2. The number of ether oxygens (including phenoxy) is 1. The third kappa shape index (κ3) is 5.18. The minimum atomic E-state index is -4.43. The predicted octanol–water partition coefficient (Wildman–Crippen LogP) is 2.90. The van der Waals surface area contributed by atoms with E-state index >= 15 is 0 Å². The Morgan fingerprint density at radius 2 is 1.89 bits per heavy atom. The van der Waals surface area contributed by atoms with Crippen molar-refractivity contribution in [3.8, 4) is 0 Å². The molecular formula is C12H14F3NO2. The van der Waals surface area contributed by atoms with E-state index < -0.39 is 24.8 Å². The van der Waals surface area contributed by atoms with Gasteiger partial charge >= 0.3 is 6.18 Å². The van der Waals surface area contributed by atoms with Crippen LogP contribution in [-0.2, 0) is 9.53 Å².